The van der Waals surface area contributed by atoms with Crippen molar-refractivity contribution in [1.29, 1.82) is 0 Å². The molecule has 0 atom stereocenters. The summed E-state index contributed by atoms with van der Waals surface area (Å²) in [6.45, 7) is 3.73. The van der Waals surface area contributed by atoms with E-state index in [0.717, 1.165) is 24.3 Å². The monoisotopic (exact) mass is 260 g/mol. The smallest absolute Gasteiger partial charge is 0.256 e. The Bertz CT molecular complexity index is 508. The zero-order valence-electron chi connectivity index (χ0n) is 10.3. The van der Waals surface area contributed by atoms with E-state index in [2.05, 4.69) is 17.6 Å². The second-order valence-electron chi connectivity index (χ2n) is 3.90. The zero-order valence-corrected chi connectivity index (χ0v) is 11.1. The van der Waals surface area contributed by atoms with Crippen molar-refractivity contribution >= 4 is 22.9 Å². The predicted molar refractivity (Wildman–Crippen MR) is 76.1 cm³/mol. The molecule has 1 aromatic carbocycles. The number of carbonyl (C=O) groups excluding carboxylic acids is 1. The van der Waals surface area contributed by atoms with E-state index in [1.165, 1.54) is 11.3 Å². The van der Waals surface area contributed by atoms with Crippen molar-refractivity contribution in [3.8, 4) is 0 Å². The van der Waals surface area contributed by atoms with Gasteiger partial charge >= 0.3 is 0 Å². The number of hydrogen-bond acceptors (Lipinski definition) is 3. The number of benzene rings is 1. The van der Waals surface area contributed by atoms with Gasteiger partial charge in [0, 0.05) is 17.6 Å². The summed E-state index contributed by atoms with van der Waals surface area (Å²) in [6, 6.07) is 9.68. The lowest BCUT2D eigenvalue weighted by Gasteiger charge is -2.10. The van der Waals surface area contributed by atoms with Crippen molar-refractivity contribution in [2.75, 3.05) is 11.9 Å². The van der Waals surface area contributed by atoms with Gasteiger partial charge in [0.1, 0.15) is 0 Å². The fourth-order valence-electron chi connectivity index (χ4n) is 1.64. The Balaban J connectivity index is 2.11. The molecule has 0 aliphatic heterocycles. The van der Waals surface area contributed by atoms with Gasteiger partial charge in [-0.2, -0.15) is 11.3 Å². The maximum atomic E-state index is 12.0. The van der Waals surface area contributed by atoms with Crippen molar-refractivity contribution in [3.05, 3.63) is 52.2 Å². The first kappa shape index (κ1) is 12.8. The van der Waals surface area contributed by atoms with Crippen LogP contribution < -0.4 is 10.6 Å². The molecule has 0 radical (unpaired) electrons. The third-order valence-corrected chi connectivity index (χ3v) is 3.30. The number of para-hydroxylation sites is 1. The van der Waals surface area contributed by atoms with Gasteiger partial charge in [-0.05, 0) is 29.6 Å². The van der Waals surface area contributed by atoms with E-state index in [1.54, 1.807) is 0 Å². The van der Waals surface area contributed by atoms with E-state index in [0.29, 0.717) is 5.56 Å². The summed E-state index contributed by atoms with van der Waals surface area (Å²) in [5, 5.41) is 9.96. The van der Waals surface area contributed by atoms with Crippen LogP contribution in [-0.4, -0.2) is 12.5 Å². The molecule has 0 saturated heterocycles. The Hall–Kier alpha value is -1.65. The highest BCUT2D eigenvalue weighted by atomic mass is 32.1. The lowest BCUT2D eigenvalue weighted by Crippen LogP contribution is -2.16. The first-order chi connectivity index (χ1) is 8.81. The normalized spacial score (nSPS) is 10.3. The first-order valence-corrected chi connectivity index (χ1v) is 6.87. The largest absolute Gasteiger partial charge is 0.322 e. The van der Waals surface area contributed by atoms with Crippen LogP contribution in [0.25, 0.3) is 0 Å². The molecule has 0 unspecified atom stereocenters. The van der Waals surface area contributed by atoms with Crippen LogP contribution in [0, 0.1) is 0 Å². The minimum atomic E-state index is -0.0554. The van der Waals surface area contributed by atoms with E-state index in [9.17, 15) is 4.79 Å². The molecule has 0 saturated carbocycles. The van der Waals surface area contributed by atoms with Gasteiger partial charge in [-0.3, -0.25) is 4.79 Å². The van der Waals surface area contributed by atoms with Gasteiger partial charge in [0.05, 0.1) is 5.56 Å². The minimum absolute atomic E-state index is 0.0554. The minimum Gasteiger partial charge on any atom is -0.322 e. The molecule has 1 heterocycles. The maximum Gasteiger partial charge on any atom is 0.256 e. The van der Waals surface area contributed by atoms with Gasteiger partial charge in [-0.1, -0.05) is 25.1 Å². The average Bonchev–Trinajstić information content (AvgIpc) is 2.91. The zero-order chi connectivity index (χ0) is 12.8. The highest BCUT2D eigenvalue weighted by Gasteiger charge is 2.08. The maximum absolute atomic E-state index is 12.0. The lowest BCUT2D eigenvalue weighted by molar-refractivity contribution is 0.102. The van der Waals surface area contributed by atoms with Crippen molar-refractivity contribution in [1.82, 2.24) is 5.32 Å². The molecule has 0 aliphatic rings. The number of rotatable bonds is 5. The number of carbonyl (C=O) groups is 1. The van der Waals surface area contributed by atoms with Crippen molar-refractivity contribution in [2.45, 2.75) is 13.5 Å². The average molecular weight is 260 g/mol. The molecular weight excluding hydrogens is 244 g/mol. The lowest BCUT2D eigenvalue weighted by atomic mass is 10.1. The predicted octanol–water partition coefficient (Wildman–Crippen LogP) is 3.11. The van der Waals surface area contributed by atoms with Crippen LogP contribution in [0.1, 0.15) is 22.8 Å². The third-order valence-electron chi connectivity index (χ3n) is 2.61. The van der Waals surface area contributed by atoms with Crippen LogP contribution in [0.2, 0.25) is 0 Å². The second kappa shape index (κ2) is 6.33. The van der Waals surface area contributed by atoms with E-state index >= 15 is 0 Å². The Morgan fingerprint density at radius 1 is 1.28 bits per heavy atom. The van der Waals surface area contributed by atoms with E-state index in [1.807, 2.05) is 41.1 Å². The molecule has 0 spiro atoms. The number of hydrogen-bond donors (Lipinski definition) is 2. The molecule has 18 heavy (non-hydrogen) atoms. The molecule has 2 aromatic rings. The number of nitrogens with one attached hydrogen (secondary N) is 2. The Morgan fingerprint density at radius 2 is 2.11 bits per heavy atom. The van der Waals surface area contributed by atoms with E-state index < -0.39 is 0 Å². The Kier molecular flexibility index (Phi) is 4.50. The van der Waals surface area contributed by atoms with Gasteiger partial charge < -0.3 is 10.6 Å². The van der Waals surface area contributed by atoms with Gasteiger partial charge in [0.15, 0.2) is 0 Å². The number of amides is 1. The molecule has 2 N–H and O–H groups in total. The van der Waals surface area contributed by atoms with Gasteiger partial charge in [0.25, 0.3) is 5.91 Å². The summed E-state index contributed by atoms with van der Waals surface area (Å²) in [6.07, 6.45) is 0. The highest BCUT2D eigenvalue weighted by molar-refractivity contribution is 7.08. The summed E-state index contributed by atoms with van der Waals surface area (Å²) < 4.78 is 0. The quantitative estimate of drug-likeness (QED) is 0.867. The molecule has 2 rings (SSSR count). The summed E-state index contributed by atoms with van der Waals surface area (Å²) in [5.74, 6) is -0.0554. The summed E-state index contributed by atoms with van der Waals surface area (Å²) in [7, 11) is 0. The molecule has 0 aliphatic carbocycles. The standard InChI is InChI=1S/C14H16N2OS/c1-2-15-9-11-5-3-4-6-13(11)16-14(17)12-7-8-18-10-12/h3-8,10,15H,2,9H2,1H3,(H,16,17). The van der Waals surface area contributed by atoms with Crippen molar-refractivity contribution in [2.24, 2.45) is 0 Å². The van der Waals surface area contributed by atoms with Crippen LogP contribution >= 0.6 is 11.3 Å². The molecular formula is C14H16N2OS. The van der Waals surface area contributed by atoms with E-state index in [4.69, 9.17) is 0 Å². The van der Waals surface area contributed by atoms with Gasteiger partial charge in [-0.25, -0.2) is 0 Å². The summed E-state index contributed by atoms with van der Waals surface area (Å²) >= 11 is 1.52. The number of anilines is 1. The molecule has 0 fully saturated rings. The first-order valence-electron chi connectivity index (χ1n) is 5.93. The van der Waals surface area contributed by atoms with Crippen LogP contribution in [0.3, 0.4) is 0 Å². The van der Waals surface area contributed by atoms with E-state index in [-0.39, 0.29) is 5.91 Å². The summed E-state index contributed by atoms with van der Waals surface area (Å²) in [5.41, 5.74) is 2.68. The molecule has 1 aromatic heterocycles. The third kappa shape index (κ3) is 3.18. The molecule has 0 bridgehead atoms. The number of thiophene rings is 1. The van der Waals surface area contributed by atoms with Crippen LogP contribution in [0.5, 0.6) is 0 Å². The fourth-order valence-corrected chi connectivity index (χ4v) is 2.28. The van der Waals surface area contributed by atoms with Crippen LogP contribution in [-0.2, 0) is 6.54 Å². The van der Waals surface area contributed by atoms with Crippen molar-refractivity contribution in [3.63, 3.8) is 0 Å². The molecule has 3 nitrogen and oxygen atoms in total. The SMILES string of the molecule is CCNCc1ccccc1NC(=O)c1ccsc1. The van der Waals surface area contributed by atoms with Crippen LogP contribution in [0.4, 0.5) is 5.69 Å². The molecule has 1 amide bonds. The highest BCUT2D eigenvalue weighted by Crippen LogP contribution is 2.16. The molecule has 4 heteroatoms. The van der Waals surface area contributed by atoms with Crippen molar-refractivity contribution < 1.29 is 4.79 Å². The second-order valence-corrected chi connectivity index (χ2v) is 4.68. The summed E-state index contributed by atoms with van der Waals surface area (Å²) in [4.78, 5) is 12.0. The Morgan fingerprint density at radius 3 is 2.83 bits per heavy atom. The van der Waals surface area contributed by atoms with Gasteiger partial charge in [0.2, 0.25) is 0 Å². The van der Waals surface area contributed by atoms with Gasteiger partial charge in [-0.15, -0.1) is 0 Å². The van der Waals surface area contributed by atoms with Crippen LogP contribution in [0.15, 0.2) is 41.1 Å². The molecule has 94 valence electrons. The topological polar surface area (TPSA) is 41.1 Å². The Labute approximate surface area is 111 Å². The fraction of sp³-hybridized carbons (Fsp3) is 0.214.